The summed E-state index contributed by atoms with van der Waals surface area (Å²) in [6.45, 7) is 7.27. The van der Waals surface area contributed by atoms with Crippen molar-refractivity contribution in [2.24, 2.45) is 0 Å². The van der Waals surface area contributed by atoms with Crippen molar-refractivity contribution in [3.63, 3.8) is 0 Å². The molecule has 0 aliphatic heterocycles. The summed E-state index contributed by atoms with van der Waals surface area (Å²) >= 11 is 1.33. The summed E-state index contributed by atoms with van der Waals surface area (Å²) in [4.78, 5) is 12.3. The van der Waals surface area contributed by atoms with E-state index in [4.69, 9.17) is 9.84 Å². The maximum Gasteiger partial charge on any atom is 0.345 e. The largest absolute Gasteiger partial charge is 0.477 e. The number of aromatic carboxylic acids is 1. The van der Waals surface area contributed by atoms with Gasteiger partial charge in [0.15, 0.2) is 0 Å². The van der Waals surface area contributed by atoms with Crippen LogP contribution in [-0.2, 0) is 11.3 Å². The van der Waals surface area contributed by atoms with Crippen LogP contribution in [0.4, 0.5) is 0 Å². The normalized spacial score (nSPS) is 10.8. The molecule has 0 radical (unpaired) electrons. The number of hydrogen-bond donors (Lipinski definition) is 2. The van der Waals surface area contributed by atoms with Crippen LogP contribution in [0.25, 0.3) is 0 Å². The number of rotatable bonds is 9. The van der Waals surface area contributed by atoms with E-state index in [0.29, 0.717) is 4.88 Å². The molecule has 102 valence electrons. The van der Waals surface area contributed by atoms with Gasteiger partial charge in [0, 0.05) is 24.6 Å². The van der Waals surface area contributed by atoms with Gasteiger partial charge < -0.3 is 15.2 Å². The van der Waals surface area contributed by atoms with Crippen LogP contribution in [0.5, 0.6) is 0 Å². The van der Waals surface area contributed by atoms with Crippen molar-refractivity contribution in [3.05, 3.63) is 21.4 Å². The standard InChI is InChI=1S/C13H21NO3S/c1-3-6-17-7-4-5-14-9-11-8-12(13(15)16)18-10(11)2/h8,14H,3-7,9H2,1-2H3,(H,15,16). The summed E-state index contributed by atoms with van der Waals surface area (Å²) in [5.74, 6) is -0.845. The number of carboxylic acid groups (broad SMARTS) is 1. The summed E-state index contributed by atoms with van der Waals surface area (Å²) in [5.41, 5.74) is 1.08. The highest BCUT2D eigenvalue weighted by Gasteiger charge is 2.10. The number of hydrogen-bond acceptors (Lipinski definition) is 4. The first kappa shape index (κ1) is 15.1. The molecule has 0 aliphatic rings. The number of ether oxygens (including phenoxy) is 1. The topological polar surface area (TPSA) is 58.6 Å². The van der Waals surface area contributed by atoms with E-state index in [9.17, 15) is 4.79 Å². The van der Waals surface area contributed by atoms with Gasteiger partial charge in [-0.25, -0.2) is 4.79 Å². The van der Waals surface area contributed by atoms with E-state index >= 15 is 0 Å². The summed E-state index contributed by atoms with van der Waals surface area (Å²) < 4.78 is 5.38. The fraction of sp³-hybridized carbons (Fsp3) is 0.615. The van der Waals surface area contributed by atoms with Gasteiger partial charge in [-0.05, 0) is 37.9 Å². The maximum absolute atomic E-state index is 10.8. The number of aryl methyl sites for hydroxylation is 1. The van der Waals surface area contributed by atoms with Crippen LogP contribution in [0.1, 0.15) is 39.9 Å². The lowest BCUT2D eigenvalue weighted by Crippen LogP contribution is -2.16. The predicted octanol–water partition coefficient (Wildman–Crippen LogP) is 2.66. The van der Waals surface area contributed by atoms with Gasteiger partial charge in [-0.2, -0.15) is 0 Å². The predicted molar refractivity (Wildman–Crippen MR) is 73.4 cm³/mol. The first-order chi connectivity index (χ1) is 8.65. The van der Waals surface area contributed by atoms with E-state index in [-0.39, 0.29) is 0 Å². The Labute approximate surface area is 112 Å². The van der Waals surface area contributed by atoms with Crippen molar-refractivity contribution in [1.29, 1.82) is 0 Å². The molecule has 0 aliphatic carbocycles. The van der Waals surface area contributed by atoms with E-state index < -0.39 is 5.97 Å². The fourth-order valence-corrected chi connectivity index (χ4v) is 2.45. The van der Waals surface area contributed by atoms with Crippen molar-refractivity contribution in [2.45, 2.75) is 33.2 Å². The van der Waals surface area contributed by atoms with E-state index in [1.807, 2.05) is 6.92 Å². The first-order valence-corrected chi connectivity index (χ1v) is 7.07. The quantitative estimate of drug-likeness (QED) is 0.678. The molecule has 0 bridgehead atoms. The van der Waals surface area contributed by atoms with Gasteiger partial charge in [-0.1, -0.05) is 6.92 Å². The van der Waals surface area contributed by atoms with E-state index in [0.717, 1.165) is 49.6 Å². The van der Waals surface area contributed by atoms with E-state index in [1.54, 1.807) is 6.07 Å². The summed E-state index contributed by atoms with van der Waals surface area (Å²) in [6.07, 6.45) is 2.04. The Balaban J connectivity index is 2.21. The molecule has 0 unspecified atom stereocenters. The van der Waals surface area contributed by atoms with Gasteiger partial charge in [-0.3, -0.25) is 0 Å². The minimum Gasteiger partial charge on any atom is -0.477 e. The molecule has 0 spiro atoms. The third kappa shape index (κ3) is 5.16. The fourth-order valence-electron chi connectivity index (χ4n) is 1.57. The second kappa shape index (κ2) is 8.24. The molecule has 0 saturated carbocycles. The zero-order valence-corrected chi connectivity index (χ0v) is 11.8. The van der Waals surface area contributed by atoms with Crippen molar-refractivity contribution in [3.8, 4) is 0 Å². The van der Waals surface area contributed by atoms with Gasteiger partial charge in [0.1, 0.15) is 4.88 Å². The average Bonchev–Trinajstić information content (AvgIpc) is 2.70. The molecule has 0 saturated heterocycles. The van der Waals surface area contributed by atoms with Crippen molar-refractivity contribution >= 4 is 17.3 Å². The lowest BCUT2D eigenvalue weighted by atomic mass is 10.2. The Morgan fingerprint density at radius 2 is 2.28 bits per heavy atom. The number of carbonyl (C=O) groups is 1. The molecule has 0 fully saturated rings. The summed E-state index contributed by atoms with van der Waals surface area (Å²) in [6, 6.07) is 1.75. The molecular weight excluding hydrogens is 250 g/mol. The molecular formula is C13H21NO3S. The molecule has 4 nitrogen and oxygen atoms in total. The summed E-state index contributed by atoms with van der Waals surface area (Å²) in [7, 11) is 0. The molecule has 0 atom stereocenters. The molecule has 1 aromatic rings. The third-order valence-corrected chi connectivity index (χ3v) is 3.62. The van der Waals surface area contributed by atoms with Gasteiger partial charge in [0.05, 0.1) is 0 Å². The zero-order chi connectivity index (χ0) is 13.4. The van der Waals surface area contributed by atoms with Gasteiger partial charge in [0.2, 0.25) is 0 Å². The Morgan fingerprint density at radius 1 is 1.50 bits per heavy atom. The molecule has 2 N–H and O–H groups in total. The second-order valence-electron chi connectivity index (χ2n) is 4.14. The number of carboxylic acids is 1. The molecule has 0 amide bonds. The van der Waals surface area contributed by atoms with Crippen LogP contribution in [0, 0.1) is 6.92 Å². The minimum absolute atomic E-state index is 0.413. The Kier molecular flexibility index (Phi) is 6.93. The highest BCUT2D eigenvalue weighted by molar-refractivity contribution is 7.14. The molecule has 1 aromatic heterocycles. The summed E-state index contributed by atoms with van der Waals surface area (Å²) in [5, 5.41) is 12.2. The minimum atomic E-state index is -0.845. The number of thiophene rings is 1. The highest BCUT2D eigenvalue weighted by atomic mass is 32.1. The van der Waals surface area contributed by atoms with Gasteiger partial charge in [-0.15, -0.1) is 11.3 Å². The Bertz CT molecular complexity index is 376. The number of nitrogens with one attached hydrogen (secondary N) is 1. The van der Waals surface area contributed by atoms with Crippen LogP contribution in [0.3, 0.4) is 0 Å². The molecule has 1 heterocycles. The molecule has 18 heavy (non-hydrogen) atoms. The van der Waals surface area contributed by atoms with Crippen molar-refractivity contribution in [1.82, 2.24) is 5.32 Å². The average molecular weight is 271 g/mol. The van der Waals surface area contributed by atoms with Gasteiger partial charge >= 0.3 is 5.97 Å². The lowest BCUT2D eigenvalue weighted by Gasteiger charge is -2.05. The second-order valence-corrected chi connectivity index (χ2v) is 5.40. The Hall–Kier alpha value is -0.910. The molecule has 1 rings (SSSR count). The zero-order valence-electron chi connectivity index (χ0n) is 11.0. The SMILES string of the molecule is CCCOCCCNCc1cc(C(=O)O)sc1C. The Morgan fingerprint density at radius 3 is 2.89 bits per heavy atom. The molecule has 5 heteroatoms. The third-order valence-electron chi connectivity index (χ3n) is 2.54. The first-order valence-electron chi connectivity index (χ1n) is 6.26. The van der Waals surface area contributed by atoms with Gasteiger partial charge in [0.25, 0.3) is 0 Å². The maximum atomic E-state index is 10.8. The lowest BCUT2D eigenvalue weighted by molar-refractivity contribution is 0.0702. The molecule has 0 aromatic carbocycles. The van der Waals surface area contributed by atoms with Crippen LogP contribution in [-0.4, -0.2) is 30.8 Å². The van der Waals surface area contributed by atoms with Crippen LogP contribution < -0.4 is 5.32 Å². The van der Waals surface area contributed by atoms with Crippen LogP contribution in [0.15, 0.2) is 6.07 Å². The van der Waals surface area contributed by atoms with Crippen LogP contribution >= 0.6 is 11.3 Å². The van der Waals surface area contributed by atoms with Crippen LogP contribution in [0.2, 0.25) is 0 Å². The van der Waals surface area contributed by atoms with E-state index in [2.05, 4.69) is 12.2 Å². The highest BCUT2D eigenvalue weighted by Crippen LogP contribution is 2.21. The van der Waals surface area contributed by atoms with E-state index in [1.165, 1.54) is 11.3 Å². The monoisotopic (exact) mass is 271 g/mol. The van der Waals surface area contributed by atoms with Crippen molar-refractivity contribution in [2.75, 3.05) is 19.8 Å². The van der Waals surface area contributed by atoms with Crippen molar-refractivity contribution < 1.29 is 14.6 Å². The smallest absolute Gasteiger partial charge is 0.345 e.